The summed E-state index contributed by atoms with van der Waals surface area (Å²) in [6.45, 7) is 5.91. The first-order chi connectivity index (χ1) is 12.2. The molecule has 0 aliphatic heterocycles. The van der Waals surface area contributed by atoms with Crippen molar-refractivity contribution in [2.45, 2.75) is 33.4 Å². The normalized spacial score (nSPS) is 10.7. The maximum absolute atomic E-state index is 5.36. The SMILES string of the molecule is CCc1csc(N(Cc2ccc(C)cc2)Cc2cccc(OC)c2)n1. The second-order valence-corrected chi connectivity index (χ2v) is 7.00. The molecule has 3 aromatic rings. The molecule has 0 fully saturated rings. The molecule has 2 aromatic carbocycles. The summed E-state index contributed by atoms with van der Waals surface area (Å²) in [5, 5.41) is 3.23. The molecule has 0 aliphatic rings. The Labute approximate surface area is 153 Å². The monoisotopic (exact) mass is 352 g/mol. The molecule has 25 heavy (non-hydrogen) atoms. The molecular weight excluding hydrogens is 328 g/mol. The Morgan fingerprint density at radius 1 is 1.04 bits per heavy atom. The van der Waals surface area contributed by atoms with E-state index >= 15 is 0 Å². The number of aromatic nitrogens is 1. The number of thiazole rings is 1. The number of hydrogen-bond acceptors (Lipinski definition) is 4. The minimum atomic E-state index is 0.807. The predicted octanol–water partition coefficient (Wildman–Crippen LogP) is 5.23. The van der Waals surface area contributed by atoms with Gasteiger partial charge in [-0.1, -0.05) is 48.9 Å². The van der Waals surface area contributed by atoms with Gasteiger partial charge in [0.05, 0.1) is 12.8 Å². The molecule has 0 amide bonds. The van der Waals surface area contributed by atoms with Crippen LogP contribution < -0.4 is 9.64 Å². The number of methoxy groups -OCH3 is 1. The van der Waals surface area contributed by atoms with Gasteiger partial charge in [-0.3, -0.25) is 0 Å². The summed E-state index contributed by atoms with van der Waals surface area (Å²) in [5.41, 5.74) is 4.95. The van der Waals surface area contributed by atoms with Crippen molar-refractivity contribution in [3.8, 4) is 5.75 Å². The van der Waals surface area contributed by atoms with Crippen LogP contribution in [0.1, 0.15) is 29.3 Å². The van der Waals surface area contributed by atoms with Gasteiger partial charge in [0.15, 0.2) is 5.13 Å². The zero-order chi connectivity index (χ0) is 17.6. The topological polar surface area (TPSA) is 25.4 Å². The molecule has 0 unspecified atom stereocenters. The van der Waals surface area contributed by atoms with Crippen molar-refractivity contribution >= 4 is 16.5 Å². The van der Waals surface area contributed by atoms with Crippen LogP contribution in [0.4, 0.5) is 5.13 Å². The zero-order valence-electron chi connectivity index (χ0n) is 15.0. The molecule has 0 spiro atoms. The van der Waals surface area contributed by atoms with E-state index in [1.807, 2.05) is 12.1 Å². The third-order valence-corrected chi connectivity index (χ3v) is 5.12. The Morgan fingerprint density at radius 2 is 1.80 bits per heavy atom. The molecule has 0 atom stereocenters. The summed E-state index contributed by atoms with van der Waals surface area (Å²) < 4.78 is 5.36. The number of ether oxygens (including phenoxy) is 1. The van der Waals surface area contributed by atoms with E-state index < -0.39 is 0 Å². The predicted molar refractivity (Wildman–Crippen MR) is 106 cm³/mol. The van der Waals surface area contributed by atoms with Crippen molar-refractivity contribution in [3.05, 3.63) is 76.3 Å². The molecule has 1 heterocycles. The quantitative estimate of drug-likeness (QED) is 0.582. The van der Waals surface area contributed by atoms with Crippen molar-refractivity contribution < 1.29 is 4.74 Å². The summed E-state index contributed by atoms with van der Waals surface area (Å²) in [7, 11) is 1.71. The number of hydrogen-bond donors (Lipinski definition) is 0. The summed E-state index contributed by atoms with van der Waals surface area (Å²) in [5.74, 6) is 0.890. The molecule has 3 nitrogen and oxygen atoms in total. The third-order valence-electron chi connectivity index (χ3n) is 4.17. The first kappa shape index (κ1) is 17.5. The number of anilines is 1. The van der Waals surface area contributed by atoms with Crippen LogP contribution in [0.15, 0.2) is 53.9 Å². The van der Waals surface area contributed by atoms with Crippen LogP contribution in [0.3, 0.4) is 0 Å². The van der Waals surface area contributed by atoms with Gasteiger partial charge < -0.3 is 9.64 Å². The fourth-order valence-corrected chi connectivity index (χ4v) is 3.61. The van der Waals surface area contributed by atoms with E-state index in [1.165, 1.54) is 16.7 Å². The molecule has 1 aromatic heterocycles. The van der Waals surface area contributed by atoms with Gasteiger partial charge in [0.1, 0.15) is 5.75 Å². The lowest BCUT2D eigenvalue weighted by atomic mass is 10.1. The van der Waals surface area contributed by atoms with Gasteiger partial charge in [-0.15, -0.1) is 11.3 Å². The molecule has 0 saturated heterocycles. The molecule has 4 heteroatoms. The lowest BCUT2D eigenvalue weighted by Gasteiger charge is -2.22. The Morgan fingerprint density at radius 3 is 2.48 bits per heavy atom. The highest BCUT2D eigenvalue weighted by molar-refractivity contribution is 7.13. The first-order valence-corrected chi connectivity index (χ1v) is 9.43. The van der Waals surface area contributed by atoms with Gasteiger partial charge in [0.25, 0.3) is 0 Å². The molecular formula is C21H24N2OS. The fourth-order valence-electron chi connectivity index (χ4n) is 2.70. The summed E-state index contributed by atoms with van der Waals surface area (Å²) in [6.07, 6.45) is 0.966. The van der Waals surface area contributed by atoms with Crippen molar-refractivity contribution in [3.63, 3.8) is 0 Å². The van der Waals surface area contributed by atoms with Crippen molar-refractivity contribution in [2.24, 2.45) is 0 Å². The van der Waals surface area contributed by atoms with Gasteiger partial charge in [0, 0.05) is 18.5 Å². The van der Waals surface area contributed by atoms with Gasteiger partial charge in [0.2, 0.25) is 0 Å². The third kappa shape index (κ3) is 4.60. The van der Waals surface area contributed by atoms with Crippen LogP contribution in [-0.2, 0) is 19.5 Å². The second kappa shape index (κ2) is 8.17. The standard InChI is InChI=1S/C21H24N2OS/c1-4-19-15-25-21(22-19)23(13-17-10-8-16(2)9-11-17)14-18-6-5-7-20(12-18)24-3/h5-12,15H,4,13-14H2,1-3H3. The van der Waals surface area contributed by atoms with Crippen LogP contribution in [0.25, 0.3) is 0 Å². The van der Waals surface area contributed by atoms with Crippen molar-refractivity contribution in [1.82, 2.24) is 4.98 Å². The molecule has 130 valence electrons. The molecule has 3 rings (SSSR count). The Balaban J connectivity index is 1.86. The van der Waals surface area contributed by atoms with E-state index in [-0.39, 0.29) is 0 Å². The molecule has 0 saturated carbocycles. The van der Waals surface area contributed by atoms with Crippen LogP contribution in [-0.4, -0.2) is 12.1 Å². The van der Waals surface area contributed by atoms with E-state index in [9.17, 15) is 0 Å². The molecule has 0 N–H and O–H groups in total. The van der Waals surface area contributed by atoms with Crippen molar-refractivity contribution in [2.75, 3.05) is 12.0 Å². The van der Waals surface area contributed by atoms with Crippen LogP contribution in [0.5, 0.6) is 5.75 Å². The zero-order valence-corrected chi connectivity index (χ0v) is 15.8. The van der Waals surface area contributed by atoms with Gasteiger partial charge >= 0.3 is 0 Å². The highest BCUT2D eigenvalue weighted by Gasteiger charge is 2.13. The maximum atomic E-state index is 5.36. The first-order valence-electron chi connectivity index (χ1n) is 8.55. The highest BCUT2D eigenvalue weighted by atomic mass is 32.1. The van der Waals surface area contributed by atoms with Crippen LogP contribution in [0.2, 0.25) is 0 Å². The lowest BCUT2D eigenvalue weighted by Crippen LogP contribution is -2.22. The Hall–Kier alpha value is -2.33. The minimum Gasteiger partial charge on any atom is -0.497 e. The van der Waals surface area contributed by atoms with Gasteiger partial charge in [-0.2, -0.15) is 0 Å². The number of nitrogens with zero attached hydrogens (tertiary/aromatic N) is 2. The van der Waals surface area contributed by atoms with E-state index in [0.717, 1.165) is 36.1 Å². The van der Waals surface area contributed by atoms with E-state index in [1.54, 1.807) is 18.4 Å². The minimum absolute atomic E-state index is 0.807. The summed E-state index contributed by atoms with van der Waals surface area (Å²) in [6, 6.07) is 17.0. The van der Waals surface area contributed by atoms with Crippen LogP contribution in [0, 0.1) is 6.92 Å². The number of rotatable bonds is 7. The molecule has 0 radical (unpaired) electrons. The van der Waals surface area contributed by atoms with E-state index in [4.69, 9.17) is 9.72 Å². The smallest absolute Gasteiger partial charge is 0.186 e. The number of benzene rings is 2. The average Bonchev–Trinajstić information content (AvgIpc) is 3.12. The lowest BCUT2D eigenvalue weighted by molar-refractivity contribution is 0.414. The van der Waals surface area contributed by atoms with Crippen LogP contribution >= 0.6 is 11.3 Å². The Kier molecular flexibility index (Phi) is 5.71. The van der Waals surface area contributed by atoms with Gasteiger partial charge in [-0.25, -0.2) is 4.98 Å². The van der Waals surface area contributed by atoms with E-state index in [0.29, 0.717) is 0 Å². The highest BCUT2D eigenvalue weighted by Crippen LogP contribution is 2.26. The largest absolute Gasteiger partial charge is 0.497 e. The van der Waals surface area contributed by atoms with Gasteiger partial charge in [-0.05, 0) is 36.6 Å². The van der Waals surface area contributed by atoms with Crippen molar-refractivity contribution in [1.29, 1.82) is 0 Å². The fraction of sp³-hybridized carbons (Fsp3) is 0.286. The molecule has 0 bridgehead atoms. The molecule has 0 aliphatic carbocycles. The average molecular weight is 353 g/mol. The Bertz CT molecular complexity index is 811. The maximum Gasteiger partial charge on any atom is 0.186 e. The summed E-state index contributed by atoms with van der Waals surface area (Å²) >= 11 is 1.72. The second-order valence-electron chi connectivity index (χ2n) is 6.17. The number of aryl methyl sites for hydroxylation is 2. The summed E-state index contributed by atoms with van der Waals surface area (Å²) in [4.78, 5) is 7.13. The van der Waals surface area contributed by atoms with E-state index in [2.05, 4.69) is 60.5 Å².